The Kier molecular flexibility index (Phi) is 6.74. The van der Waals surface area contributed by atoms with E-state index in [9.17, 15) is 8.42 Å². The van der Waals surface area contributed by atoms with Crippen LogP contribution in [-0.2, 0) is 10.0 Å². The molecule has 0 aromatic carbocycles. The van der Waals surface area contributed by atoms with Crippen molar-refractivity contribution in [2.75, 3.05) is 20.1 Å². The molecular formula is C7H12Cl2N2O2S2. The van der Waals surface area contributed by atoms with Gasteiger partial charge in [0.1, 0.15) is 4.21 Å². The van der Waals surface area contributed by atoms with Gasteiger partial charge in [0.15, 0.2) is 0 Å². The van der Waals surface area contributed by atoms with Crippen LogP contribution in [0, 0.1) is 0 Å². The Morgan fingerprint density at radius 1 is 1.40 bits per heavy atom. The highest BCUT2D eigenvalue weighted by atomic mass is 35.5. The maximum absolute atomic E-state index is 11.5. The Morgan fingerprint density at radius 2 is 2.07 bits per heavy atom. The minimum Gasteiger partial charge on any atom is -0.318 e. The second-order valence-corrected chi connectivity index (χ2v) is 6.27. The van der Waals surface area contributed by atoms with Gasteiger partial charge in [-0.1, -0.05) is 11.6 Å². The fourth-order valence-corrected chi connectivity index (χ4v) is 3.38. The number of likely N-dealkylation sites (N-methyl/N-ethyl adjacent to an activating group) is 1. The minimum absolute atomic E-state index is 0. The van der Waals surface area contributed by atoms with Gasteiger partial charge in [-0.3, -0.25) is 0 Å². The molecule has 1 aromatic heterocycles. The molecule has 0 aliphatic carbocycles. The number of hydrogen-bond acceptors (Lipinski definition) is 4. The first-order valence-corrected chi connectivity index (χ1v) is 6.63. The molecule has 0 saturated carbocycles. The van der Waals surface area contributed by atoms with Crippen molar-refractivity contribution in [1.82, 2.24) is 10.0 Å². The smallest absolute Gasteiger partial charge is 0.250 e. The summed E-state index contributed by atoms with van der Waals surface area (Å²) in [7, 11) is -1.61. The zero-order valence-corrected chi connectivity index (χ0v) is 11.2. The molecule has 4 nitrogen and oxygen atoms in total. The molecule has 8 heteroatoms. The summed E-state index contributed by atoms with van der Waals surface area (Å²) in [5.74, 6) is 0. The van der Waals surface area contributed by atoms with Crippen molar-refractivity contribution in [2.24, 2.45) is 0 Å². The largest absolute Gasteiger partial charge is 0.318 e. The van der Waals surface area contributed by atoms with E-state index < -0.39 is 10.0 Å². The topological polar surface area (TPSA) is 58.2 Å². The second kappa shape index (κ2) is 6.67. The average molecular weight is 291 g/mol. The first-order valence-electron chi connectivity index (χ1n) is 3.96. The SMILES string of the molecule is CNCCNS(=O)(=O)c1ccc(Cl)s1.Cl. The number of rotatable bonds is 5. The van der Waals surface area contributed by atoms with Crippen LogP contribution in [0.15, 0.2) is 16.3 Å². The zero-order chi connectivity index (χ0) is 10.6. The van der Waals surface area contributed by atoms with Gasteiger partial charge in [-0.15, -0.1) is 23.7 Å². The lowest BCUT2D eigenvalue weighted by Crippen LogP contribution is -2.29. The van der Waals surface area contributed by atoms with E-state index >= 15 is 0 Å². The van der Waals surface area contributed by atoms with Gasteiger partial charge in [0.05, 0.1) is 4.34 Å². The van der Waals surface area contributed by atoms with Crippen LogP contribution < -0.4 is 10.0 Å². The van der Waals surface area contributed by atoms with Gasteiger partial charge in [0.25, 0.3) is 0 Å². The molecule has 0 atom stereocenters. The van der Waals surface area contributed by atoms with Crippen LogP contribution in [-0.4, -0.2) is 28.6 Å². The summed E-state index contributed by atoms with van der Waals surface area (Å²) in [6, 6.07) is 3.06. The van der Waals surface area contributed by atoms with Crippen LogP contribution in [0.25, 0.3) is 0 Å². The summed E-state index contributed by atoms with van der Waals surface area (Å²) in [6.07, 6.45) is 0. The maximum Gasteiger partial charge on any atom is 0.250 e. The average Bonchev–Trinajstić information content (AvgIpc) is 2.53. The van der Waals surface area contributed by atoms with Crippen LogP contribution in [0.5, 0.6) is 0 Å². The zero-order valence-electron chi connectivity index (χ0n) is 7.99. The van der Waals surface area contributed by atoms with Gasteiger partial charge in [-0.25, -0.2) is 13.1 Å². The summed E-state index contributed by atoms with van der Waals surface area (Å²) < 4.78 is 26.2. The fourth-order valence-electron chi connectivity index (χ4n) is 0.824. The Balaban J connectivity index is 0.00000196. The number of thiophene rings is 1. The molecule has 1 heterocycles. The van der Waals surface area contributed by atoms with Gasteiger partial charge < -0.3 is 5.32 Å². The molecule has 0 spiro atoms. The summed E-state index contributed by atoms with van der Waals surface area (Å²) in [5.41, 5.74) is 0. The van der Waals surface area contributed by atoms with Crippen molar-refractivity contribution in [3.05, 3.63) is 16.5 Å². The summed E-state index contributed by atoms with van der Waals surface area (Å²) in [5, 5.41) is 2.85. The number of halogens is 2. The molecule has 0 amide bonds. The van der Waals surface area contributed by atoms with Crippen LogP contribution in [0.1, 0.15) is 0 Å². The molecule has 0 unspecified atom stereocenters. The standard InChI is InChI=1S/C7H11ClN2O2S2.ClH/c1-9-4-5-10-14(11,12)7-3-2-6(8)13-7;/h2-3,9-10H,4-5H2,1H3;1H. The summed E-state index contributed by atoms with van der Waals surface area (Å²) in [4.78, 5) is 0. The predicted octanol–water partition coefficient (Wildman–Crippen LogP) is 1.32. The maximum atomic E-state index is 11.5. The van der Waals surface area contributed by atoms with E-state index in [4.69, 9.17) is 11.6 Å². The fraction of sp³-hybridized carbons (Fsp3) is 0.429. The van der Waals surface area contributed by atoms with E-state index in [-0.39, 0.29) is 16.6 Å². The van der Waals surface area contributed by atoms with Crippen molar-refractivity contribution >= 4 is 45.4 Å². The third-order valence-electron chi connectivity index (χ3n) is 1.48. The van der Waals surface area contributed by atoms with Crippen LogP contribution in [0.4, 0.5) is 0 Å². The van der Waals surface area contributed by atoms with Crippen molar-refractivity contribution < 1.29 is 8.42 Å². The van der Waals surface area contributed by atoms with E-state index in [1.165, 1.54) is 6.07 Å². The van der Waals surface area contributed by atoms with Crippen LogP contribution in [0.3, 0.4) is 0 Å². The van der Waals surface area contributed by atoms with Crippen LogP contribution >= 0.6 is 35.3 Å². The highest BCUT2D eigenvalue weighted by Crippen LogP contribution is 2.24. The number of hydrogen-bond donors (Lipinski definition) is 2. The highest BCUT2D eigenvalue weighted by Gasteiger charge is 2.15. The number of sulfonamides is 1. The van der Waals surface area contributed by atoms with Crippen LogP contribution in [0.2, 0.25) is 4.34 Å². The summed E-state index contributed by atoms with van der Waals surface area (Å²) in [6.45, 7) is 0.965. The van der Waals surface area contributed by atoms with E-state index in [0.29, 0.717) is 17.4 Å². The second-order valence-electron chi connectivity index (χ2n) is 2.56. The predicted molar refractivity (Wildman–Crippen MR) is 65.7 cm³/mol. The molecule has 0 fully saturated rings. The van der Waals surface area contributed by atoms with Gasteiger partial charge >= 0.3 is 0 Å². The third kappa shape index (κ3) is 4.67. The van der Waals surface area contributed by atoms with Gasteiger partial charge in [0, 0.05) is 13.1 Å². The third-order valence-corrected chi connectivity index (χ3v) is 4.66. The lowest BCUT2D eigenvalue weighted by atomic mass is 10.7. The monoisotopic (exact) mass is 290 g/mol. The molecule has 0 radical (unpaired) electrons. The lowest BCUT2D eigenvalue weighted by Gasteiger charge is -2.03. The molecule has 0 aliphatic rings. The Labute approximate surface area is 104 Å². The van der Waals surface area contributed by atoms with Gasteiger partial charge in [-0.05, 0) is 19.2 Å². The van der Waals surface area contributed by atoms with E-state index in [2.05, 4.69) is 10.0 Å². The summed E-state index contributed by atoms with van der Waals surface area (Å²) >= 11 is 6.69. The lowest BCUT2D eigenvalue weighted by molar-refractivity contribution is 0.581. The first-order chi connectivity index (χ1) is 6.56. The van der Waals surface area contributed by atoms with E-state index in [1.807, 2.05) is 0 Å². The molecule has 15 heavy (non-hydrogen) atoms. The van der Waals surface area contributed by atoms with E-state index in [1.54, 1.807) is 13.1 Å². The highest BCUT2D eigenvalue weighted by molar-refractivity contribution is 7.91. The molecule has 0 aliphatic heterocycles. The van der Waals surface area contributed by atoms with Gasteiger partial charge in [0.2, 0.25) is 10.0 Å². The quantitative estimate of drug-likeness (QED) is 0.804. The minimum atomic E-state index is -3.37. The van der Waals surface area contributed by atoms with Gasteiger partial charge in [-0.2, -0.15) is 0 Å². The first kappa shape index (κ1) is 15.2. The molecule has 88 valence electrons. The molecule has 1 aromatic rings. The normalized spacial score (nSPS) is 11.1. The van der Waals surface area contributed by atoms with Crippen molar-refractivity contribution in [2.45, 2.75) is 4.21 Å². The van der Waals surface area contributed by atoms with Crippen molar-refractivity contribution in [3.8, 4) is 0 Å². The van der Waals surface area contributed by atoms with E-state index in [0.717, 1.165) is 11.3 Å². The molecule has 0 saturated heterocycles. The Bertz CT molecular complexity index is 391. The molecular weight excluding hydrogens is 279 g/mol. The molecule has 0 bridgehead atoms. The Hall–Kier alpha value is 0.150. The Morgan fingerprint density at radius 3 is 2.53 bits per heavy atom. The van der Waals surface area contributed by atoms with Crippen molar-refractivity contribution in [3.63, 3.8) is 0 Å². The van der Waals surface area contributed by atoms with Crippen molar-refractivity contribution in [1.29, 1.82) is 0 Å². The molecule has 1 rings (SSSR count). The number of nitrogens with one attached hydrogen (secondary N) is 2. The molecule has 2 N–H and O–H groups in total.